The number of esters is 1. The first-order valence-corrected chi connectivity index (χ1v) is 9.41. The minimum Gasteiger partial charge on any atom is -0.497 e. The highest BCUT2D eigenvalue weighted by molar-refractivity contribution is 7.85. The Morgan fingerprint density at radius 1 is 1.12 bits per heavy atom. The first kappa shape index (κ1) is 19.7. The van der Waals surface area contributed by atoms with Gasteiger partial charge in [0.05, 0.1) is 28.4 Å². The maximum absolute atomic E-state index is 12.4. The van der Waals surface area contributed by atoms with Gasteiger partial charge in [0.1, 0.15) is 5.75 Å². The van der Waals surface area contributed by atoms with Gasteiger partial charge in [-0.3, -0.25) is 9.00 Å². The van der Waals surface area contributed by atoms with E-state index in [-0.39, 0.29) is 5.56 Å². The topological polar surface area (TPSA) is 81.7 Å². The van der Waals surface area contributed by atoms with Crippen LogP contribution in [0.25, 0.3) is 0 Å². The van der Waals surface area contributed by atoms with Crippen molar-refractivity contribution < 1.29 is 23.3 Å². The zero-order valence-electron chi connectivity index (χ0n) is 14.9. The van der Waals surface area contributed by atoms with Crippen LogP contribution in [0.2, 0.25) is 0 Å². The molecule has 0 radical (unpaired) electrons. The Kier molecular flexibility index (Phi) is 6.91. The number of rotatable bonds is 7. The number of carbonyl (C=O) groups excluding carboxylic acids is 2. The van der Waals surface area contributed by atoms with Crippen LogP contribution in [0.5, 0.6) is 5.75 Å². The summed E-state index contributed by atoms with van der Waals surface area (Å²) in [5.41, 5.74) is 0.767. The lowest BCUT2D eigenvalue weighted by Crippen LogP contribution is -2.30. The maximum Gasteiger partial charge on any atom is 0.340 e. The molecule has 6 nitrogen and oxygen atoms in total. The SMILES string of the molecule is CC[S@@](=O)c1ccccc1C(=O)O[C@H](C)C(=O)Nc1ccc(OC)cc1. The number of methoxy groups -OCH3 is 1. The molecule has 0 aromatic heterocycles. The van der Waals surface area contributed by atoms with Crippen molar-refractivity contribution in [3.8, 4) is 5.75 Å². The van der Waals surface area contributed by atoms with Crippen molar-refractivity contribution in [2.45, 2.75) is 24.8 Å². The Balaban J connectivity index is 2.04. The number of benzene rings is 2. The van der Waals surface area contributed by atoms with Crippen LogP contribution in [0.15, 0.2) is 53.4 Å². The third-order valence-corrected chi connectivity index (χ3v) is 5.00. The van der Waals surface area contributed by atoms with Gasteiger partial charge in [0, 0.05) is 11.4 Å². The predicted molar refractivity (Wildman–Crippen MR) is 99.9 cm³/mol. The molecule has 0 aliphatic heterocycles. The van der Waals surface area contributed by atoms with Crippen molar-refractivity contribution in [2.75, 3.05) is 18.2 Å². The minimum atomic E-state index is -1.30. The Morgan fingerprint density at radius 3 is 2.38 bits per heavy atom. The van der Waals surface area contributed by atoms with E-state index < -0.39 is 28.8 Å². The summed E-state index contributed by atoms with van der Waals surface area (Å²) in [5.74, 6) is -0.0851. The Morgan fingerprint density at radius 2 is 1.77 bits per heavy atom. The van der Waals surface area contributed by atoms with Gasteiger partial charge < -0.3 is 14.8 Å². The van der Waals surface area contributed by atoms with Crippen LogP contribution < -0.4 is 10.1 Å². The normalized spacial score (nSPS) is 12.7. The molecule has 0 saturated carbocycles. The molecule has 1 N–H and O–H groups in total. The van der Waals surface area contributed by atoms with Crippen LogP contribution in [0.3, 0.4) is 0 Å². The molecule has 0 bridgehead atoms. The van der Waals surface area contributed by atoms with Gasteiger partial charge in [0.15, 0.2) is 6.10 Å². The molecular weight excluding hydrogens is 354 g/mol. The minimum absolute atomic E-state index is 0.205. The van der Waals surface area contributed by atoms with Gasteiger partial charge in [-0.2, -0.15) is 0 Å². The Hall–Kier alpha value is -2.67. The second-order valence-corrected chi connectivity index (χ2v) is 7.10. The van der Waals surface area contributed by atoms with E-state index in [0.717, 1.165) is 0 Å². The number of nitrogens with one attached hydrogen (secondary N) is 1. The molecule has 0 saturated heterocycles. The van der Waals surface area contributed by atoms with E-state index in [0.29, 0.717) is 22.1 Å². The van der Waals surface area contributed by atoms with E-state index in [1.807, 2.05) is 0 Å². The number of amides is 1. The van der Waals surface area contributed by atoms with E-state index in [1.165, 1.54) is 6.92 Å². The van der Waals surface area contributed by atoms with Crippen LogP contribution in [0.1, 0.15) is 24.2 Å². The van der Waals surface area contributed by atoms with Gasteiger partial charge in [0.2, 0.25) is 0 Å². The highest BCUT2D eigenvalue weighted by Gasteiger charge is 2.22. The first-order chi connectivity index (χ1) is 12.5. The Labute approximate surface area is 155 Å². The second-order valence-electron chi connectivity index (χ2n) is 5.40. The number of ether oxygens (including phenoxy) is 2. The molecule has 138 valence electrons. The van der Waals surface area contributed by atoms with E-state index >= 15 is 0 Å². The molecule has 0 aliphatic carbocycles. The molecular formula is C19H21NO5S. The second kappa shape index (κ2) is 9.15. The van der Waals surface area contributed by atoms with Crippen molar-refractivity contribution in [3.63, 3.8) is 0 Å². The van der Waals surface area contributed by atoms with Crippen molar-refractivity contribution in [2.24, 2.45) is 0 Å². The van der Waals surface area contributed by atoms with Crippen LogP contribution in [-0.2, 0) is 20.3 Å². The van der Waals surface area contributed by atoms with Gasteiger partial charge in [0.25, 0.3) is 5.91 Å². The predicted octanol–water partition coefficient (Wildman–Crippen LogP) is 3.01. The number of hydrogen-bond donors (Lipinski definition) is 1. The fraction of sp³-hybridized carbons (Fsp3) is 0.263. The van der Waals surface area contributed by atoms with Crippen LogP contribution >= 0.6 is 0 Å². The molecule has 2 atom stereocenters. The molecule has 0 unspecified atom stereocenters. The summed E-state index contributed by atoms with van der Waals surface area (Å²) in [6.07, 6.45) is -1.01. The fourth-order valence-electron chi connectivity index (χ4n) is 2.19. The first-order valence-electron chi connectivity index (χ1n) is 8.09. The molecule has 2 rings (SSSR count). The van der Waals surface area contributed by atoms with Crippen molar-refractivity contribution >= 4 is 28.4 Å². The highest BCUT2D eigenvalue weighted by atomic mass is 32.2. The lowest BCUT2D eigenvalue weighted by molar-refractivity contribution is -0.123. The summed E-state index contributed by atoms with van der Waals surface area (Å²) in [7, 11) is 0.258. The van der Waals surface area contributed by atoms with Crippen molar-refractivity contribution in [3.05, 3.63) is 54.1 Å². The van der Waals surface area contributed by atoms with Gasteiger partial charge in [-0.15, -0.1) is 0 Å². The quantitative estimate of drug-likeness (QED) is 0.753. The average Bonchev–Trinajstić information content (AvgIpc) is 2.67. The molecule has 26 heavy (non-hydrogen) atoms. The number of anilines is 1. The Bertz CT molecular complexity index is 804. The number of carbonyl (C=O) groups is 2. The lowest BCUT2D eigenvalue weighted by Gasteiger charge is -2.15. The molecule has 2 aromatic carbocycles. The fourth-order valence-corrected chi connectivity index (χ4v) is 3.12. The average molecular weight is 375 g/mol. The number of hydrogen-bond acceptors (Lipinski definition) is 5. The van der Waals surface area contributed by atoms with E-state index in [9.17, 15) is 13.8 Å². The maximum atomic E-state index is 12.4. The van der Waals surface area contributed by atoms with Gasteiger partial charge >= 0.3 is 5.97 Å². The standard InChI is InChI=1S/C19H21NO5S/c1-4-26(23)17-8-6-5-7-16(17)19(22)25-13(2)18(21)20-14-9-11-15(24-3)12-10-14/h5-13H,4H2,1-3H3,(H,20,21)/t13-,26-/m1/s1. The molecule has 7 heteroatoms. The summed E-state index contributed by atoms with van der Waals surface area (Å²) >= 11 is 0. The third-order valence-electron chi connectivity index (χ3n) is 3.63. The summed E-state index contributed by atoms with van der Waals surface area (Å²) in [6.45, 7) is 3.25. The molecule has 0 fully saturated rings. The molecule has 0 spiro atoms. The van der Waals surface area contributed by atoms with Gasteiger partial charge in [-0.25, -0.2) is 4.79 Å². The van der Waals surface area contributed by atoms with Crippen LogP contribution in [0.4, 0.5) is 5.69 Å². The molecule has 1 amide bonds. The smallest absolute Gasteiger partial charge is 0.340 e. The highest BCUT2D eigenvalue weighted by Crippen LogP contribution is 2.17. The van der Waals surface area contributed by atoms with Crippen LogP contribution in [-0.4, -0.2) is 35.1 Å². The van der Waals surface area contributed by atoms with E-state index in [1.54, 1.807) is 62.6 Å². The van der Waals surface area contributed by atoms with E-state index in [2.05, 4.69) is 5.32 Å². The largest absolute Gasteiger partial charge is 0.497 e. The molecule has 0 heterocycles. The summed E-state index contributed by atoms with van der Waals surface area (Å²) in [6, 6.07) is 13.3. The summed E-state index contributed by atoms with van der Waals surface area (Å²) in [4.78, 5) is 25.0. The monoisotopic (exact) mass is 375 g/mol. The van der Waals surface area contributed by atoms with Crippen LogP contribution in [0, 0.1) is 0 Å². The van der Waals surface area contributed by atoms with Crippen molar-refractivity contribution in [1.29, 1.82) is 0 Å². The molecule has 0 aliphatic rings. The summed E-state index contributed by atoms with van der Waals surface area (Å²) < 4.78 is 22.4. The lowest BCUT2D eigenvalue weighted by atomic mass is 10.2. The van der Waals surface area contributed by atoms with Gasteiger partial charge in [-0.1, -0.05) is 19.1 Å². The van der Waals surface area contributed by atoms with Crippen molar-refractivity contribution in [1.82, 2.24) is 0 Å². The zero-order valence-corrected chi connectivity index (χ0v) is 15.7. The summed E-state index contributed by atoms with van der Waals surface area (Å²) in [5, 5.41) is 2.67. The molecule has 2 aromatic rings. The van der Waals surface area contributed by atoms with Gasteiger partial charge in [-0.05, 0) is 43.3 Å². The van der Waals surface area contributed by atoms with E-state index in [4.69, 9.17) is 9.47 Å². The third kappa shape index (κ3) is 4.92. The zero-order chi connectivity index (χ0) is 19.1.